The van der Waals surface area contributed by atoms with E-state index in [4.69, 9.17) is 4.74 Å². The van der Waals surface area contributed by atoms with Crippen molar-refractivity contribution in [3.63, 3.8) is 0 Å². The number of carboxylic acid groups (broad SMARTS) is 1. The molecule has 0 amide bonds. The van der Waals surface area contributed by atoms with Crippen molar-refractivity contribution < 1.29 is 14.6 Å². The topological polar surface area (TPSA) is 49.8 Å². The molecule has 2 saturated heterocycles. The molecule has 1 N–H and O–H groups in total. The first-order chi connectivity index (χ1) is 7.45. The third-order valence-corrected chi connectivity index (χ3v) is 4.22. The zero-order valence-corrected chi connectivity index (χ0v) is 10.3. The van der Waals surface area contributed by atoms with Crippen molar-refractivity contribution in [2.24, 2.45) is 17.3 Å². The van der Waals surface area contributed by atoms with Gasteiger partial charge in [-0.25, -0.2) is 0 Å². The van der Waals surface area contributed by atoms with Crippen LogP contribution in [0, 0.1) is 17.3 Å². The third-order valence-electron chi connectivity index (χ3n) is 4.22. The van der Waals surface area contributed by atoms with E-state index in [1.807, 2.05) is 0 Å². The van der Waals surface area contributed by atoms with Crippen molar-refractivity contribution in [2.75, 3.05) is 26.3 Å². The Morgan fingerprint density at radius 1 is 1.50 bits per heavy atom. The first-order valence-corrected chi connectivity index (χ1v) is 6.00. The Balaban J connectivity index is 1.98. The Labute approximate surface area is 96.6 Å². The summed E-state index contributed by atoms with van der Waals surface area (Å²) in [6.07, 6.45) is 0. The summed E-state index contributed by atoms with van der Waals surface area (Å²) in [6.45, 7) is 9.20. The first-order valence-electron chi connectivity index (χ1n) is 6.00. The summed E-state index contributed by atoms with van der Waals surface area (Å²) >= 11 is 0. The zero-order valence-electron chi connectivity index (χ0n) is 10.3. The number of hydrogen-bond donors (Lipinski definition) is 1. The fourth-order valence-corrected chi connectivity index (χ4v) is 2.60. The minimum atomic E-state index is -0.733. The van der Waals surface area contributed by atoms with Crippen LogP contribution < -0.4 is 0 Å². The van der Waals surface area contributed by atoms with Crippen LogP contribution >= 0.6 is 0 Å². The van der Waals surface area contributed by atoms with E-state index in [2.05, 4.69) is 18.7 Å². The molecule has 0 aromatic carbocycles. The molecule has 2 atom stereocenters. The lowest BCUT2D eigenvalue weighted by atomic mass is 9.79. The maximum atomic E-state index is 11.3. The number of hydrogen-bond acceptors (Lipinski definition) is 3. The monoisotopic (exact) mass is 227 g/mol. The van der Waals surface area contributed by atoms with Crippen LogP contribution in [0.5, 0.6) is 0 Å². The lowest BCUT2D eigenvalue weighted by Gasteiger charge is -2.47. The average molecular weight is 227 g/mol. The lowest BCUT2D eigenvalue weighted by molar-refractivity contribution is -0.152. The Morgan fingerprint density at radius 2 is 2.12 bits per heavy atom. The van der Waals surface area contributed by atoms with E-state index < -0.39 is 11.4 Å². The standard InChI is InChI=1S/C12H21NO3/c1-8(2)9-4-13(5-9)10-6-16-7-12(10,3)11(14)15/h8-10H,4-7H2,1-3H3,(H,14,15). The van der Waals surface area contributed by atoms with Crippen molar-refractivity contribution in [1.29, 1.82) is 0 Å². The van der Waals surface area contributed by atoms with Gasteiger partial charge in [0.25, 0.3) is 0 Å². The van der Waals surface area contributed by atoms with Gasteiger partial charge in [-0.05, 0) is 18.8 Å². The lowest BCUT2D eigenvalue weighted by Crippen LogP contribution is -2.59. The molecule has 2 heterocycles. The first kappa shape index (κ1) is 11.9. The molecule has 2 fully saturated rings. The molecular formula is C12H21NO3. The summed E-state index contributed by atoms with van der Waals surface area (Å²) < 4.78 is 5.36. The van der Waals surface area contributed by atoms with Crippen LogP contribution in [0.15, 0.2) is 0 Å². The van der Waals surface area contributed by atoms with Gasteiger partial charge in [-0.1, -0.05) is 13.8 Å². The Morgan fingerprint density at radius 3 is 2.62 bits per heavy atom. The molecule has 0 aromatic rings. The molecular weight excluding hydrogens is 206 g/mol. The molecule has 2 aliphatic rings. The second-order valence-corrected chi connectivity index (χ2v) is 5.71. The number of rotatable bonds is 3. The van der Waals surface area contributed by atoms with Gasteiger partial charge in [0, 0.05) is 13.1 Å². The predicted molar refractivity (Wildman–Crippen MR) is 60.3 cm³/mol. The van der Waals surface area contributed by atoms with Crippen molar-refractivity contribution in [3.05, 3.63) is 0 Å². The predicted octanol–water partition coefficient (Wildman–Crippen LogP) is 1.06. The number of carboxylic acids is 1. The van der Waals surface area contributed by atoms with Gasteiger partial charge in [0.1, 0.15) is 5.41 Å². The number of ether oxygens (including phenoxy) is 1. The van der Waals surface area contributed by atoms with E-state index >= 15 is 0 Å². The van der Waals surface area contributed by atoms with Crippen LogP contribution in [0.1, 0.15) is 20.8 Å². The highest BCUT2D eigenvalue weighted by Gasteiger charge is 2.51. The van der Waals surface area contributed by atoms with Gasteiger partial charge in [-0.15, -0.1) is 0 Å². The van der Waals surface area contributed by atoms with Crippen LogP contribution in [0.2, 0.25) is 0 Å². The molecule has 0 radical (unpaired) electrons. The van der Waals surface area contributed by atoms with Gasteiger partial charge >= 0.3 is 5.97 Å². The Hall–Kier alpha value is -0.610. The molecule has 2 rings (SSSR count). The number of likely N-dealkylation sites (tertiary alicyclic amines) is 1. The van der Waals surface area contributed by atoms with Gasteiger partial charge in [0.2, 0.25) is 0 Å². The molecule has 92 valence electrons. The second kappa shape index (κ2) is 4.00. The molecule has 0 spiro atoms. The van der Waals surface area contributed by atoms with E-state index in [1.54, 1.807) is 6.92 Å². The van der Waals surface area contributed by atoms with Crippen molar-refractivity contribution in [3.8, 4) is 0 Å². The highest BCUT2D eigenvalue weighted by Crippen LogP contribution is 2.37. The third kappa shape index (κ3) is 1.74. The second-order valence-electron chi connectivity index (χ2n) is 5.71. The van der Waals surface area contributed by atoms with Crippen molar-refractivity contribution in [2.45, 2.75) is 26.8 Å². The quantitative estimate of drug-likeness (QED) is 0.783. The normalized spacial score (nSPS) is 36.6. The molecule has 4 heteroatoms. The van der Waals surface area contributed by atoms with Crippen LogP contribution in [0.3, 0.4) is 0 Å². The Kier molecular flexibility index (Phi) is 2.97. The van der Waals surface area contributed by atoms with Crippen LogP contribution in [0.25, 0.3) is 0 Å². The summed E-state index contributed by atoms with van der Waals surface area (Å²) in [5.41, 5.74) is -0.720. The maximum absolute atomic E-state index is 11.3. The van der Waals surface area contributed by atoms with Gasteiger partial charge < -0.3 is 9.84 Å². The van der Waals surface area contributed by atoms with Gasteiger partial charge in [-0.3, -0.25) is 9.69 Å². The van der Waals surface area contributed by atoms with E-state index in [-0.39, 0.29) is 6.04 Å². The zero-order chi connectivity index (χ0) is 11.9. The van der Waals surface area contributed by atoms with Crippen LogP contribution in [-0.2, 0) is 9.53 Å². The smallest absolute Gasteiger partial charge is 0.313 e. The fraction of sp³-hybridized carbons (Fsp3) is 0.917. The average Bonchev–Trinajstić information content (AvgIpc) is 2.46. The van der Waals surface area contributed by atoms with E-state index in [0.717, 1.165) is 19.0 Å². The number of carbonyl (C=O) groups is 1. The molecule has 0 saturated carbocycles. The summed E-state index contributed by atoms with van der Waals surface area (Å²) in [6, 6.07) is 0.0556. The summed E-state index contributed by atoms with van der Waals surface area (Å²) in [4.78, 5) is 13.6. The molecule has 2 aliphatic heterocycles. The van der Waals surface area contributed by atoms with Crippen molar-refractivity contribution >= 4 is 5.97 Å². The van der Waals surface area contributed by atoms with Crippen molar-refractivity contribution in [1.82, 2.24) is 4.90 Å². The van der Waals surface area contributed by atoms with Crippen LogP contribution in [0.4, 0.5) is 0 Å². The largest absolute Gasteiger partial charge is 0.481 e. The molecule has 0 aromatic heterocycles. The summed E-state index contributed by atoms with van der Waals surface area (Å²) in [5.74, 6) is 0.677. The number of aliphatic carboxylic acids is 1. The highest BCUT2D eigenvalue weighted by molar-refractivity contribution is 5.75. The maximum Gasteiger partial charge on any atom is 0.313 e. The molecule has 2 unspecified atom stereocenters. The minimum absolute atomic E-state index is 0.0556. The molecule has 4 nitrogen and oxygen atoms in total. The van der Waals surface area contributed by atoms with Gasteiger partial charge in [0.15, 0.2) is 0 Å². The van der Waals surface area contributed by atoms with E-state index in [1.165, 1.54) is 0 Å². The fourth-order valence-electron chi connectivity index (χ4n) is 2.60. The molecule has 16 heavy (non-hydrogen) atoms. The summed E-state index contributed by atoms with van der Waals surface area (Å²) in [5, 5.41) is 9.28. The van der Waals surface area contributed by atoms with E-state index in [0.29, 0.717) is 19.1 Å². The van der Waals surface area contributed by atoms with Gasteiger partial charge in [0.05, 0.1) is 19.3 Å². The molecule has 0 bridgehead atoms. The molecule has 0 aliphatic carbocycles. The van der Waals surface area contributed by atoms with Gasteiger partial charge in [-0.2, -0.15) is 0 Å². The van der Waals surface area contributed by atoms with E-state index in [9.17, 15) is 9.90 Å². The SMILES string of the molecule is CC(C)C1CN(C2COCC2(C)C(=O)O)C1. The Bertz CT molecular complexity index is 286. The minimum Gasteiger partial charge on any atom is -0.481 e. The summed E-state index contributed by atoms with van der Waals surface area (Å²) in [7, 11) is 0. The highest BCUT2D eigenvalue weighted by atomic mass is 16.5. The van der Waals surface area contributed by atoms with Crippen LogP contribution in [-0.4, -0.2) is 48.3 Å². The number of nitrogens with zero attached hydrogens (tertiary/aromatic N) is 1.